The molecule has 1 heterocycles. The van der Waals surface area contributed by atoms with Crippen LogP contribution >= 0.6 is 0 Å². The van der Waals surface area contributed by atoms with Crippen molar-refractivity contribution in [1.82, 2.24) is 0 Å². The van der Waals surface area contributed by atoms with Crippen LogP contribution in [0.15, 0.2) is 72.8 Å². The van der Waals surface area contributed by atoms with Gasteiger partial charge in [-0.05, 0) is 59.0 Å². The van der Waals surface area contributed by atoms with Gasteiger partial charge in [-0.2, -0.15) is 0 Å². The summed E-state index contributed by atoms with van der Waals surface area (Å²) in [5.74, 6) is 4.55. The Morgan fingerprint density at radius 3 is 2.24 bits per heavy atom. The Hall–Kier alpha value is -3.02. The lowest BCUT2D eigenvalue weighted by Crippen LogP contribution is -2.47. The normalized spacial score (nSPS) is 15.5. The molecule has 0 radical (unpaired) electrons. The van der Waals surface area contributed by atoms with E-state index in [0.29, 0.717) is 6.61 Å². The molecule has 0 spiro atoms. The lowest BCUT2D eigenvalue weighted by Gasteiger charge is -2.31. The van der Waals surface area contributed by atoms with E-state index >= 15 is 0 Å². The van der Waals surface area contributed by atoms with Crippen molar-refractivity contribution < 1.29 is 19.0 Å². The Morgan fingerprint density at radius 1 is 0.895 bits per heavy atom. The Balaban J connectivity index is 1.46. The third-order valence-corrected chi connectivity index (χ3v) is 9.94. The summed E-state index contributed by atoms with van der Waals surface area (Å²) in [5, 5.41) is 4.06. The maximum atomic E-state index is 14.1. The monoisotopic (exact) mass is 529 g/mol. The topological polar surface area (TPSA) is 44.8 Å². The number of benzene rings is 4. The summed E-state index contributed by atoms with van der Waals surface area (Å²) in [6.45, 7) is 10.9. The summed E-state index contributed by atoms with van der Waals surface area (Å²) in [6, 6.07) is 24.2. The van der Waals surface area contributed by atoms with Crippen LogP contribution in [0, 0.1) is 5.41 Å². The van der Waals surface area contributed by atoms with E-state index in [2.05, 4.69) is 52.0 Å². The molecule has 198 valence electrons. The van der Waals surface area contributed by atoms with Crippen LogP contribution in [0.5, 0.6) is 17.2 Å². The van der Waals surface area contributed by atoms with E-state index in [1.165, 1.54) is 0 Å². The van der Waals surface area contributed by atoms with Gasteiger partial charge in [-0.25, -0.2) is 0 Å². The first kappa shape index (κ1) is 26.6. The van der Waals surface area contributed by atoms with Crippen LogP contribution in [0.2, 0.25) is 0 Å². The second-order valence-corrected chi connectivity index (χ2v) is 13.3. The highest BCUT2D eigenvalue weighted by molar-refractivity contribution is 7.98. The second-order valence-electron chi connectivity index (χ2n) is 10.9. The molecule has 4 aromatic carbocycles. The largest absolute Gasteiger partial charge is 0.494 e. The van der Waals surface area contributed by atoms with Gasteiger partial charge in [-0.15, -0.1) is 0 Å². The highest BCUT2D eigenvalue weighted by Gasteiger charge is 2.46. The molecule has 0 amide bonds. The van der Waals surface area contributed by atoms with Crippen molar-refractivity contribution in [3.05, 3.63) is 78.4 Å². The number of hydrogen-bond acceptors (Lipinski definition) is 4. The number of Topliss-reactive ketones (excluding diaryl/α,β-unsaturated/α-hetero) is 1. The fourth-order valence-corrected chi connectivity index (χ4v) is 8.00. The van der Waals surface area contributed by atoms with Crippen LogP contribution in [-0.4, -0.2) is 42.4 Å². The van der Waals surface area contributed by atoms with E-state index in [-0.39, 0.29) is 27.3 Å². The summed E-state index contributed by atoms with van der Waals surface area (Å²) in [5.41, 5.74) is 0.658. The zero-order valence-electron chi connectivity index (χ0n) is 22.8. The first-order chi connectivity index (χ1) is 18.3. The summed E-state index contributed by atoms with van der Waals surface area (Å²) in [4.78, 5) is 14.1. The van der Waals surface area contributed by atoms with Crippen molar-refractivity contribution in [3.63, 3.8) is 0 Å². The zero-order chi connectivity index (χ0) is 26.7. The van der Waals surface area contributed by atoms with Gasteiger partial charge >= 0.3 is 0 Å². The lowest BCUT2D eigenvalue weighted by molar-refractivity contribution is 0.0947. The average molecular weight is 530 g/mol. The van der Waals surface area contributed by atoms with E-state index in [4.69, 9.17) is 14.2 Å². The number of ether oxygens (including phenoxy) is 3. The molecule has 4 nitrogen and oxygen atoms in total. The minimum Gasteiger partial charge on any atom is -0.494 e. The molecule has 1 unspecified atom stereocenters. The molecule has 38 heavy (non-hydrogen) atoms. The molecule has 4 aromatic rings. The van der Waals surface area contributed by atoms with Crippen LogP contribution in [0.3, 0.4) is 0 Å². The van der Waals surface area contributed by atoms with E-state index in [0.717, 1.165) is 75.5 Å². The van der Waals surface area contributed by atoms with Gasteiger partial charge in [-0.1, -0.05) is 64.1 Å². The van der Waals surface area contributed by atoms with Crippen molar-refractivity contribution in [2.75, 3.05) is 31.3 Å². The van der Waals surface area contributed by atoms with Crippen molar-refractivity contribution in [3.8, 4) is 17.2 Å². The second kappa shape index (κ2) is 11.4. The fraction of sp³-hybridized carbons (Fsp3) is 0.364. The minimum atomic E-state index is -0.125. The van der Waals surface area contributed by atoms with Crippen LogP contribution in [0.25, 0.3) is 21.5 Å². The molecule has 0 bridgehead atoms. The summed E-state index contributed by atoms with van der Waals surface area (Å²) >= 11 is 0. The van der Waals surface area contributed by atoms with E-state index in [1.54, 1.807) is 0 Å². The highest BCUT2D eigenvalue weighted by Crippen LogP contribution is 2.37. The van der Waals surface area contributed by atoms with Crippen molar-refractivity contribution >= 4 is 38.2 Å². The van der Waals surface area contributed by atoms with Gasteiger partial charge in [-0.3, -0.25) is 4.79 Å². The van der Waals surface area contributed by atoms with Crippen LogP contribution in [0.1, 0.15) is 44.5 Å². The molecule has 5 rings (SSSR count). The molecule has 5 heteroatoms. The maximum Gasteiger partial charge on any atom is 0.216 e. The Morgan fingerprint density at radius 2 is 1.55 bits per heavy atom. The molecule has 0 saturated carbocycles. The maximum absolute atomic E-state index is 14.1. The summed E-state index contributed by atoms with van der Waals surface area (Å²) in [7, 11) is 0.00560. The summed E-state index contributed by atoms with van der Waals surface area (Å²) in [6.07, 6.45) is 0.982. The number of rotatable bonds is 8. The highest BCUT2D eigenvalue weighted by atomic mass is 32.2. The zero-order valence-corrected chi connectivity index (χ0v) is 23.6. The van der Waals surface area contributed by atoms with E-state index < -0.39 is 0 Å². The fourth-order valence-electron chi connectivity index (χ4n) is 5.23. The third kappa shape index (κ3) is 5.69. The molecular weight excluding hydrogens is 492 g/mol. The van der Waals surface area contributed by atoms with Crippen LogP contribution in [0.4, 0.5) is 0 Å². The standard InChI is InChI=1S/C33H37O4S/c1-5-16-36-25-12-10-24-22-26(13-11-23(24)21-25)37-30-15-14-29(27-8-6-7-9-28(27)30)31(34)32(33(2,3)4)38-19-17-35-18-20-38/h6-15,21-22,32H,5,16-20H2,1-4H3/q+1. The number of fused-ring (bicyclic) bond motifs is 2. The van der Waals surface area contributed by atoms with E-state index in [9.17, 15) is 4.79 Å². The van der Waals surface area contributed by atoms with Gasteiger partial charge < -0.3 is 14.2 Å². The number of carbonyl (C=O) groups excluding carboxylic acids is 1. The van der Waals surface area contributed by atoms with Gasteiger partial charge in [0.25, 0.3) is 0 Å². The van der Waals surface area contributed by atoms with Gasteiger partial charge in [0.05, 0.1) is 19.8 Å². The molecule has 1 atom stereocenters. The SMILES string of the molecule is CCCOc1ccc2cc(Oc3ccc(C(=O)C([S+]4CCOCC4)C(C)(C)C)c4ccccc34)ccc2c1. The van der Waals surface area contributed by atoms with Crippen molar-refractivity contribution in [2.24, 2.45) is 5.41 Å². The summed E-state index contributed by atoms with van der Waals surface area (Å²) < 4.78 is 17.8. The third-order valence-electron chi connectivity index (χ3n) is 6.97. The quantitative estimate of drug-likeness (QED) is 0.172. The molecule has 0 N–H and O–H groups in total. The first-order valence-corrected chi connectivity index (χ1v) is 15.1. The average Bonchev–Trinajstić information content (AvgIpc) is 2.92. The van der Waals surface area contributed by atoms with Gasteiger partial charge in [0, 0.05) is 27.3 Å². The van der Waals surface area contributed by atoms with Crippen molar-refractivity contribution in [2.45, 2.75) is 39.4 Å². The first-order valence-electron chi connectivity index (χ1n) is 13.5. The predicted octanol–water partition coefficient (Wildman–Crippen LogP) is 7.82. The Kier molecular flexibility index (Phi) is 7.96. The molecule has 0 aromatic heterocycles. The molecular formula is C33H37O4S+. The minimum absolute atomic E-state index is 0.00560. The van der Waals surface area contributed by atoms with Crippen LogP contribution in [-0.2, 0) is 15.6 Å². The number of ketones is 1. The predicted molar refractivity (Wildman–Crippen MR) is 159 cm³/mol. The number of carbonyl (C=O) groups is 1. The molecule has 1 aliphatic rings. The molecule has 1 aliphatic heterocycles. The molecule has 1 fully saturated rings. The Labute approximate surface area is 228 Å². The van der Waals surface area contributed by atoms with Gasteiger partial charge in [0.2, 0.25) is 5.78 Å². The molecule has 1 saturated heterocycles. The molecule has 0 aliphatic carbocycles. The van der Waals surface area contributed by atoms with Crippen LogP contribution < -0.4 is 9.47 Å². The van der Waals surface area contributed by atoms with E-state index in [1.807, 2.05) is 48.5 Å². The lowest BCUT2D eigenvalue weighted by atomic mass is 9.86. The van der Waals surface area contributed by atoms with Gasteiger partial charge in [0.15, 0.2) is 5.25 Å². The van der Waals surface area contributed by atoms with Gasteiger partial charge in [0.1, 0.15) is 28.8 Å². The Bertz CT molecular complexity index is 1430. The van der Waals surface area contributed by atoms with Crippen molar-refractivity contribution in [1.29, 1.82) is 0 Å². The number of hydrogen-bond donors (Lipinski definition) is 0. The smallest absolute Gasteiger partial charge is 0.216 e.